The van der Waals surface area contributed by atoms with Crippen LogP contribution in [-0.2, 0) is 9.59 Å². The van der Waals surface area contributed by atoms with E-state index in [-0.39, 0.29) is 18.4 Å². The number of hydrogen-bond acceptors (Lipinski definition) is 4. The molecule has 0 atom stereocenters. The van der Waals surface area contributed by atoms with Gasteiger partial charge in [0, 0.05) is 24.3 Å². The van der Waals surface area contributed by atoms with Gasteiger partial charge in [-0.3, -0.25) is 9.59 Å². The summed E-state index contributed by atoms with van der Waals surface area (Å²) >= 11 is 0. The maximum atomic E-state index is 12.1. The van der Waals surface area contributed by atoms with E-state index < -0.39 is 0 Å². The van der Waals surface area contributed by atoms with Crippen LogP contribution < -0.4 is 19.7 Å². The van der Waals surface area contributed by atoms with Crippen molar-refractivity contribution in [2.75, 3.05) is 30.5 Å². The second-order valence-corrected chi connectivity index (χ2v) is 6.16. The number of nitrogens with one attached hydrogen (secondary N) is 1. The van der Waals surface area contributed by atoms with Gasteiger partial charge >= 0.3 is 0 Å². The lowest BCUT2D eigenvalue weighted by molar-refractivity contribution is -0.118. The Bertz CT molecular complexity index is 802. The van der Waals surface area contributed by atoms with Crippen molar-refractivity contribution in [3.63, 3.8) is 0 Å². The molecule has 2 aromatic rings. The average molecular weight is 354 g/mol. The first-order valence-corrected chi connectivity index (χ1v) is 8.54. The molecule has 1 aliphatic rings. The summed E-state index contributed by atoms with van der Waals surface area (Å²) in [6.45, 7) is 2.60. The average Bonchev–Trinajstić information content (AvgIpc) is 3.06. The summed E-state index contributed by atoms with van der Waals surface area (Å²) in [4.78, 5) is 25.8. The Morgan fingerprint density at radius 2 is 1.88 bits per heavy atom. The lowest BCUT2D eigenvalue weighted by atomic mass is 10.1. The second-order valence-electron chi connectivity index (χ2n) is 6.16. The largest absolute Gasteiger partial charge is 0.497 e. The van der Waals surface area contributed by atoms with E-state index in [1.807, 2.05) is 19.1 Å². The number of ether oxygens (including phenoxy) is 2. The van der Waals surface area contributed by atoms with Crippen LogP contribution in [0.2, 0.25) is 0 Å². The summed E-state index contributed by atoms with van der Waals surface area (Å²) in [6.07, 6.45) is 1.49. The van der Waals surface area contributed by atoms with Gasteiger partial charge in [-0.1, -0.05) is 0 Å². The molecule has 3 rings (SSSR count). The number of carbonyl (C=O) groups is 2. The summed E-state index contributed by atoms with van der Waals surface area (Å²) in [5, 5.41) is 2.81. The van der Waals surface area contributed by atoms with Crippen LogP contribution in [0.3, 0.4) is 0 Å². The zero-order valence-electron chi connectivity index (χ0n) is 15.0. The lowest BCUT2D eigenvalue weighted by Crippen LogP contribution is -2.24. The highest BCUT2D eigenvalue weighted by molar-refractivity contribution is 5.97. The molecule has 0 bridgehead atoms. The first kappa shape index (κ1) is 17.8. The van der Waals surface area contributed by atoms with Gasteiger partial charge < -0.3 is 19.7 Å². The molecule has 26 heavy (non-hydrogen) atoms. The minimum absolute atomic E-state index is 0.0856. The predicted octanol–water partition coefficient (Wildman–Crippen LogP) is 3.15. The van der Waals surface area contributed by atoms with Gasteiger partial charge in [-0.05, 0) is 61.4 Å². The molecule has 1 heterocycles. The summed E-state index contributed by atoms with van der Waals surface area (Å²) in [5.74, 6) is 1.23. The Balaban J connectivity index is 1.57. The van der Waals surface area contributed by atoms with E-state index in [0.29, 0.717) is 17.9 Å². The fraction of sp³-hybridized carbons (Fsp3) is 0.300. The molecule has 0 radical (unpaired) electrons. The van der Waals surface area contributed by atoms with Crippen molar-refractivity contribution >= 4 is 23.2 Å². The van der Waals surface area contributed by atoms with Gasteiger partial charge in [0.05, 0.1) is 7.11 Å². The predicted molar refractivity (Wildman–Crippen MR) is 99.9 cm³/mol. The Kier molecular flexibility index (Phi) is 5.41. The van der Waals surface area contributed by atoms with Crippen LogP contribution in [-0.4, -0.2) is 32.1 Å². The first-order chi connectivity index (χ1) is 12.6. The number of methoxy groups -OCH3 is 1. The van der Waals surface area contributed by atoms with Crippen LogP contribution in [0, 0.1) is 6.92 Å². The number of benzene rings is 2. The monoisotopic (exact) mass is 354 g/mol. The molecule has 1 N–H and O–H groups in total. The van der Waals surface area contributed by atoms with Gasteiger partial charge in [-0.15, -0.1) is 0 Å². The molecule has 2 amide bonds. The third kappa shape index (κ3) is 4.14. The topological polar surface area (TPSA) is 67.9 Å². The van der Waals surface area contributed by atoms with Gasteiger partial charge in [0.1, 0.15) is 11.5 Å². The fourth-order valence-corrected chi connectivity index (χ4v) is 2.96. The van der Waals surface area contributed by atoms with E-state index >= 15 is 0 Å². The number of carbonyl (C=O) groups excluding carboxylic acids is 2. The Hall–Kier alpha value is -3.02. The van der Waals surface area contributed by atoms with E-state index in [0.717, 1.165) is 30.0 Å². The molecule has 0 unspecified atom stereocenters. The highest BCUT2D eigenvalue weighted by Crippen LogP contribution is 2.27. The molecule has 0 aromatic heterocycles. The summed E-state index contributed by atoms with van der Waals surface area (Å²) < 4.78 is 10.5. The summed E-state index contributed by atoms with van der Waals surface area (Å²) in [6, 6.07) is 12.6. The van der Waals surface area contributed by atoms with E-state index in [1.165, 1.54) is 0 Å². The number of rotatable bonds is 6. The molecule has 6 heteroatoms. The molecule has 0 aliphatic carbocycles. The SMILES string of the molecule is COc1ccc(OCC(=O)Nc2ccc(N3CCCC3=O)c(C)c2)cc1. The van der Waals surface area contributed by atoms with Gasteiger partial charge in [0.15, 0.2) is 6.61 Å². The number of hydrogen-bond donors (Lipinski definition) is 1. The summed E-state index contributed by atoms with van der Waals surface area (Å²) in [5.41, 5.74) is 2.54. The Labute approximate surface area is 152 Å². The Morgan fingerprint density at radius 1 is 1.15 bits per heavy atom. The van der Waals surface area contributed by atoms with Crippen molar-refractivity contribution in [1.82, 2.24) is 0 Å². The molecule has 2 aromatic carbocycles. The van der Waals surface area contributed by atoms with Crippen molar-refractivity contribution in [3.05, 3.63) is 48.0 Å². The normalized spacial score (nSPS) is 13.6. The number of aryl methyl sites for hydroxylation is 1. The van der Waals surface area contributed by atoms with Crippen molar-refractivity contribution < 1.29 is 19.1 Å². The second kappa shape index (κ2) is 7.91. The van der Waals surface area contributed by atoms with Gasteiger partial charge in [-0.2, -0.15) is 0 Å². The summed E-state index contributed by atoms with van der Waals surface area (Å²) in [7, 11) is 1.59. The van der Waals surface area contributed by atoms with E-state index in [9.17, 15) is 9.59 Å². The van der Waals surface area contributed by atoms with Crippen molar-refractivity contribution in [1.29, 1.82) is 0 Å². The van der Waals surface area contributed by atoms with E-state index in [2.05, 4.69) is 5.32 Å². The van der Waals surface area contributed by atoms with Crippen LogP contribution in [0.15, 0.2) is 42.5 Å². The maximum absolute atomic E-state index is 12.1. The molecular weight excluding hydrogens is 332 g/mol. The highest BCUT2D eigenvalue weighted by Gasteiger charge is 2.23. The smallest absolute Gasteiger partial charge is 0.262 e. The highest BCUT2D eigenvalue weighted by atomic mass is 16.5. The van der Waals surface area contributed by atoms with Crippen LogP contribution in [0.4, 0.5) is 11.4 Å². The first-order valence-electron chi connectivity index (χ1n) is 8.54. The molecule has 1 aliphatic heterocycles. The quantitative estimate of drug-likeness (QED) is 0.865. The standard InChI is InChI=1S/C20H22N2O4/c1-14-12-15(5-10-18(14)22-11-3-4-20(22)24)21-19(23)13-26-17-8-6-16(25-2)7-9-17/h5-10,12H,3-4,11,13H2,1-2H3,(H,21,23). The molecular formula is C20H22N2O4. The maximum Gasteiger partial charge on any atom is 0.262 e. The van der Waals surface area contributed by atoms with Gasteiger partial charge in [-0.25, -0.2) is 0 Å². The van der Waals surface area contributed by atoms with Crippen LogP contribution >= 0.6 is 0 Å². The number of amides is 2. The van der Waals surface area contributed by atoms with Gasteiger partial charge in [0.25, 0.3) is 5.91 Å². The van der Waals surface area contributed by atoms with Crippen LogP contribution in [0.25, 0.3) is 0 Å². The molecule has 6 nitrogen and oxygen atoms in total. The van der Waals surface area contributed by atoms with Crippen molar-refractivity contribution in [2.24, 2.45) is 0 Å². The third-order valence-electron chi connectivity index (χ3n) is 4.27. The molecule has 0 saturated carbocycles. The zero-order valence-corrected chi connectivity index (χ0v) is 15.0. The lowest BCUT2D eigenvalue weighted by Gasteiger charge is -2.19. The third-order valence-corrected chi connectivity index (χ3v) is 4.27. The van der Waals surface area contributed by atoms with Crippen molar-refractivity contribution in [3.8, 4) is 11.5 Å². The van der Waals surface area contributed by atoms with Crippen molar-refractivity contribution in [2.45, 2.75) is 19.8 Å². The fourth-order valence-electron chi connectivity index (χ4n) is 2.96. The number of anilines is 2. The van der Waals surface area contributed by atoms with Crippen LogP contribution in [0.1, 0.15) is 18.4 Å². The zero-order chi connectivity index (χ0) is 18.5. The minimum atomic E-state index is -0.245. The number of nitrogens with zero attached hydrogens (tertiary/aromatic N) is 1. The van der Waals surface area contributed by atoms with Gasteiger partial charge in [0.2, 0.25) is 5.91 Å². The van der Waals surface area contributed by atoms with E-state index in [4.69, 9.17) is 9.47 Å². The molecule has 1 fully saturated rings. The Morgan fingerprint density at radius 3 is 2.50 bits per heavy atom. The van der Waals surface area contributed by atoms with Crippen LogP contribution in [0.5, 0.6) is 11.5 Å². The minimum Gasteiger partial charge on any atom is -0.497 e. The molecule has 136 valence electrons. The molecule has 1 saturated heterocycles. The van der Waals surface area contributed by atoms with E-state index in [1.54, 1.807) is 42.3 Å². The molecule has 0 spiro atoms.